The molecule has 2 fully saturated rings. The number of nitrogens with zero attached hydrogens (tertiary/aromatic N) is 1. The molecule has 2 saturated heterocycles. The zero-order valence-corrected chi connectivity index (χ0v) is 65.8. The number of hydrogen-bond acceptors (Lipinski definition) is 28. The van der Waals surface area contributed by atoms with Gasteiger partial charge in [-0.05, 0) is 126 Å². The number of fused-ring (bicyclic) bond motifs is 1. The number of hydrogen-bond donors (Lipinski definition) is 4. The molecule has 2 heterocycles. The van der Waals surface area contributed by atoms with Crippen molar-refractivity contribution in [3.05, 3.63) is 120 Å². The monoisotopic (exact) mass is 1560 g/mol. The normalized spacial score (nSPS) is 15.7. The fourth-order valence-electron chi connectivity index (χ4n) is 8.89. The molecule has 0 aliphatic carbocycles. The number of ether oxygens (including phenoxy) is 6. The fourth-order valence-corrected chi connectivity index (χ4v) is 14.0. The van der Waals surface area contributed by atoms with Crippen molar-refractivity contribution in [2.24, 2.45) is 11.8 Å². The maximum Gasteiger partial charge on any atom is 1.00 e. The molecule has 3 unspecified atom stereocenters. The van der Waals surface area contributed by atoms with Crippen molar-refractivity contribution in [2.45, 2.75) is 178 Å². The maximum atomic E-state index is 13.9. The summed E-state index contributed by atoms with van der Waals surface area (Å²) < 4.78 is 110. The molecule has 0 bridgehead atoms. The summed E-state index contributed by atoms with van der Waals surface area (Å²) in [6.07, 6.45) is -1.08. The molecule has 36 heteroatoms. The number of alkyl carbamates (subject to hydrolysis) is 1. The van der Waals surface area contributed by atoms with Gasteiger partial charge in [-0.1, -0.05) is 110 Å². The number of esters is 2. The molecule has 106 heavy (non-hydrogen) atoms. The van der Waals surface area contributed by atoms with E-state index < -0.39 is 104 Å². The molecule has 6 rings (SSSR count). The largest absolute Gasteiger partial charge is 1.00 e. The Hall–Kier alpha value is -7.06. The molecular weight excluding hydrogens is 1460 g/mol. The number of sulfonamides is 1. The number of carboxylic acid groups (broad SMARTS) is 2. The first-order chi connectivity index (χ1) is 48.2. The van der Waals surface area contributed by atoms with E-state index in [1.165, 1.54) is 37.4 Å². The average Bonchev–Trinajstić information content (AvgIpc) is 0.902. The number of aliphatic carboxylic acids is 2. The Balaban J connectivity index is -0.000000920. The average molecular weight is 1570 g/mol. The summed E-state index contributed by atoms with van der Waals surface area (Å²) in [5, 5.41) is 34.7. The van der Waals surface area contributed by atoms with E-state index in [2.05, 4.69) is 20.4 Å². The van der Waals surface area contributed by atoms with Crippen molar-refractivity contribution in [1.82, 2.24) is 14.9 Å². The quantitative estimate of drug-likeness (QED) is 0.00777. The van der Waals surface area contributed by atoms with Gasteiger partial charge in [0.2, 0.25) is 10.0 Å². The molecule has 0 aromatic heterocycles. The molecule has 0 spiro atoms. The van der Waals surface area contributed by atoms with Crippen LogP contribution in [0.2, 0.25) is 0 Å². The zero-order chi connectivity index (χ0) is 76.8. The summed E-state index contributed by atoms with van der Waals surface area (Å²) in [7, 11) is -9.73. The predicted octanol–water partition coefficient (Wildman–Crippen LogP) is 6.13. The van der Waals surface area contributed by atoms with Crippen LogP contribution in [0, 0.1) is 11.8 Å². The molecule has 4 N–H and O–H groups in total. The van der Waals surface area contributed by atoms with Crippen LogP contribution in [0.15, 0.2) is 114 Å². The van der Waals surface area contributed by atoms with Crippen LogP contribution < -0.4 is 59.1 Å². The van der Waals surface area contributed by atoms with Crippen molar-refractivity contribution >= 4 is 81.7 Å². The Labute approximate surface area is 647 Å². The number of carboxylic acids is 2. The maximum absolute atomic E-state index is 13.9. The van der Waals surface area contributed by atoms with Gasteiger partial charge in [0.15, 0.2) is 18.5 Å². The minimum atomic E-state index is -4.05. The van der Waals surface area contributed by atoms with Gasteiger partial charge in [0, 0.05) is 60.8 Å². The summed E-state index contributed by atoms with van der Waals surface area (Å²) in [4.78, 5) is 99.5. The van der Waals surface area contributed by atoms with Crippen molar-refractivity contribution in [2.75, 3.05) is 65.5 Å². The number of para-hydroxylation sites is 2. The number of aliphatic hydroxyl groups is 1. The van der Waals surface area contributed by atoms with Crippen molar-refractivity contribution < 1.29 is 162 Å². The van der Waals surface area contributed by atoms with Crippen molar-refractivity contribution in [3.63, 3.8) is 0 Å². The van der Waals surface area contributed by atoms with Crippen molar-refractivity contribution in [3.8, 4) is 17.2 Å². The van der Waals surface area contributed by atoms with Crippen molar-refractivity contribution in [1.29, 1.82) is 0 Å². The van der Waals surface area contributed by atoms with Crippen LogP contribution in [0.5, 0.6) is 17.2 Å². The molecule has 1 amide bonds. The molecule has 31 nitrogen and oxygen atoms in total. The first-order valence-electron chi connectivity index (χ1n) is 32.7. The number of aliphatic hydroxyl groups excluding tert-OH is 1. The summed E-state index contributed by atoms with van der Waals surface area (Å²) >= 11 is 0. The van der Waals surface area contributed by atoms with Gasteiger partial charge in [-0.25, -0.2) is 51.3 Å². The number of nitrogens with one attached hydrogen (secondary N) is 2. The second-order valence-electron chi connectivity index (χ2n) is 22.6. The van der Waals surface area contributed by atoms with Gasteiger partial charge >= 0.3 is 86.8 Å². The molecule has 4 aromatic rings. The fraction of sp³-hybridized carbons (Fsp3) is 0.543. The van der Waals surface area contributed by atoms with Gasteiger partial charge in [-0.2, -0.15) is 13.9 Å². The van der Waals surface area contributed by atoms with Gasteiger partial charge in [-0.15, -0.1) is 0 Å². The van der Waals surface area contributed by atoms with Gasteiger partial charge < -0.3 is 68.2 Å². The van der Waals surface area contributed by atoms with Crippen LogP contribution >= 0.6 is 15.2 Å². The summed E-state index contributed by atoms with van der Waals surface area (Å²) in [5.74, 6) is -3.10. The molecular formula is C70H106BN3NaO28P2S. The van der Waals surface area contributed by atoms with E-state index in [4.69, 9.17) is 71.1 Å². The Kier molecular flexibility index (Phi) is 57.6. The summed E-state index contributed by atoms with van der Waals surface area (Å²) in [5.41, 5.74) is 1.64. The number of unbranched alkanes of at least 4 members (excludes halogenated alkanes) is 1. The van der Waals surface area contributed by atoms with E-state index in [1.807, 2.05) is 58.0 Å². The first-order valence-corrected chi connectivity index (χ1v) is 37.6. The second-order valence-corrected chi connectivity index (χ2v) is 28.6. The van der Waals surface area contributed by atoms with E-state index in [-0.39, 0.29) is 134 Å². The molecule has 9 atom stereocenters. The third-order valence-corrected chi connectivity index (χ3v) is 19.3. The SMILES string of the molecule is C.C.CC(=O)OOC(C)=O.CC(=O)[O-].CCCCC(=O)O.CCCP(=O)(Oc1ccccc1)O[C@@H](C)C(=O)OCC.CCOC(=O)[C@H](C)OP(=O)(CCNCc1ccc(CC(NC(=O)O[C@H]2CO[C@H]3OCC[C@H]32)[C@H](O)CN(CC(C)C)S(=O)(=O)c2ccc(OC)cc2)cc1)Oc1ccccc1.O=C=O.[B].[Na+]. The van der Waals surface area contributed by atoms with E-state index >= 15 is 0 Å². The Morgan fingerprint density at radius 3 is 1.58 bits per heavy atom. The smallest absolute Gasteiger partial charge is 0.550 e. The molecule has 2 aliphatic heterocycles. The Bertz CT molecular complexity index is 3370. The minimum Gasteiger partial charge on any atom is -0.550 e. The third kappa shape index (κ3) is 44.9. The van der Waals surface area contributed by atoms with Crippen LogP contribution in [0.4, 0.5) is 4.79 Å². The van der Waals surface area contributed by atoms with Gasteiger partial charge in [0.1, 0.15) is 23.4 Å². The molecule has 3 radical (unpaired) electrons. The van der Waals surface area contributed by atoms with Crippen LogP contribution in [0.25, 0.3) is 0 Å². The Morgan fingerprint density at radius 1 is 0.698 bits per heavy atom. The first kappa shape index (κ1) is 105. The predicted molar refractivity (Wildman–Crippen MR) is 385 cm³/mol. The third-order valence-electron chi connectivity index (χ3n) is 13.4. The van der Waals surface area contributed by atoms with E-state index in [0.29, 0.717) is 49.7 Å². The number of methoxy groups -OCH3 is 1. The topological polar surface area (TPSA) is 423 Å². The van der Waals surface area contributed by atoms with E-state index in [1.54, 1.807) is 80.6 Å². The number of amides is 1. The molecule has 0 saturated carbocycles. The summed E-state index contributed by atoms with van der Waals surface area (Å²) in [6.45, 7) is 18.8. The van der Waals surface area contributed by atoms with E-state index in [0.717, 1.165) is 44.7 Å². The summed E-state index contributed by atoms with van der Waals surface area (Å²) in [6, 6.07) is 29.9. The number of benzene rings is 4. The van der Waals surface area contributed by atoms with E-state index in [9.17, 15) is 51.4 Å². The van der Waals surface area contributed by atoms with Gasteiger partial charge in [0.05, 0.1) is 68.8 Å². The number of carbonyl (C=O) groups is 7. The molecule has 2 aliphatic rings. The minimum absolute atomic E-state index is 0. The van der Waals surface area contributed by atoms with Crippen LogP contribution in [0.3, 0.4) is 0 Å². The second kappa shape index (κ2) is 58.0. The van der Waals surface area contributed by atoms with Gasteiger partial charge in [0.25, 0.3) is 0 Å². The van der Waals surface area contributed by atoms with Gasteiger partial charge in [-0.3, -0.25) is 13.8 Å². The zero-order valence-electron chi connectivity index (χ0n) is 61.2. The number of carbonyl (C=O) groups excluding carboxylic acids is 8. The van der Waals surface area contributed by atoms with Crippen LogP contribution in [-0.4, -0.2) is 182 Å². The molecule has 589 valence electrons. The number of rotatable bonds is 34. The standard InChI is InChI=1S/C42H58N3O13PS.C14H21O5P.C5H10O2.C4H6O4.C2H4O2.CO2.2CH4.B.Na/c1-6-53-40(47)30(4)57-59(49,58-34-10-8-7-9-11-34)23-21-43-25-32-14-12-31(13-15-32)24-37(44-42(48)56-39-28-55-41-36(39)20-22-54-41)38(46)27-45(26-29(2)3)60(50,51)35-18-16-33(52-5)17-19-35;1-4-11-20(16,18-12(3)14(15)17-5-2)19-13-9-7-6-8-10-13;1-2-3-4-5(6)7;1-3(5)7-8-4(2)6;1-2(3)4;2-1-3;;;;/h7-19,29-30,36-39,41,43,46H,6,20-28H2,1-5H3,(H,44,48);6-10,12H,4-5,11H2,1-3H3;2-4H2,1H3,(H,6,7);1-2H3;1H3,(H,3,4);;2*1H4;;/q;;;;;;;;;+1/p-1/t30-,36-,37?,38+,39-,41+,59?;12-,20?;;;;;;;;/m00......../s1. The molecule has 4 aromatic carbocycles. The van der Waals surface area contributed by atoms with Crippen LogP contribution in [-0.2, 0) is 113 Å². The Morgan fingerprint density at radius 2 is 1.17 bits per heavy atom. The van der Waals surface area contributed by atoms with Crippen LogP contribution in [0.1, 0.15) is 134 Å².